The third-order valence-electron chi connectivity index (χ3n) is 2.13. The molecule has 5 heteroatoms. The molecule has 1 atom stereocenters. The van der Waals surface area contributed by atoms with Crippen LogP contribution in [0.1, 0.15) is 0 Å². The highest BCUT2D eigenvalue weighted by Gasteiger charge is 2.19. The molecule has 1 aliphatic rings. The number of carbonyl (C=O) groups excluding carboxylic acids is 1. The van der Waals surface area contributed by atoms with E-state index in [1.54, 1.807) is 6.07 Å². The Morgan fingerprint density at radius 2 is 2.06 bits per heavy atom. The van der Waals surface area contributed by atoms with E-state index in [1.165, 1.54) is 0 Å². The Hall–Kier alpha value is -0.220. The Morgan fingerprint density at radius 3 is 2.75 bits per heavy atom. The van der Waals surface area contributed by atoms with Gasteiger partial charge in [0.1, 0.15) is 0 Å². The molecule has 0 amide bonds. The highest BCUT2D eigenvalue weighted by atomic mass is 79.9. The van der Waals surface area contributed by atoms with Gasteiger partial charge < -0.3 is 0 Å². The summed E-state index contributed by atoms with van der Waals surface area (Å²) < 4.78 is 0.914. The van der Waals surface area contributed by atoms with Crippen molar-refractivity contribution >= 4 is 56.3 Å². The summed E-state index contributed by atoms with van der Waals surface area (Å²) in [5, 5.41) is 3.04. The van der Waals surface area contributed by atoms with E-state index in [0.717, 1.165) is 20.6 Å². The molecule has 1 heterocycles. The predicted molar refractivity (Wildman–Crippen MR) is 74.9 cm³/mol. The molecule has 2 rings (SSSR count). The number of hydrogen-bond donors (Lipinski definition) is 1. The monoisotopic (exact) mass is 336 g/mol. The van der Waals surface area contributed by atoms with Crippen LogP contribution in [0.2, 0.25) is 10.0 Å². The van der Waals surface area contributed by atoms with Crippen LogP contribution in [0, 0.1) is 0 Å². The Balaban J connectivity index is 2.50. The summed E-state index contributed by atoms with van der Waals surface area (Å²) in [6.07, 6.45) is 2.68. The molecule has 0 bridgehead atoms. The molecule has 0 saturated heterocycles. The average Bonchev–Trinajstić information content (AvgIpc) is 2.63. The standard InChI is InChI=1S/C11H7BrCl2OS/c12-7-4-8(5-15)16(6-7)10-3-1-2-9(13)11(10)14/h1-6,16H. The fraction of sp³-hybridized carbons (Fsp3) is 0. The zero-order chi connectivity index (χ0) is 11.7. The number of carbonyl (C=O) groups is 1. The van der Waals surface area contributed by atoms with E-state index in [4.69, 9.17) is 23.2 Å². The first kappa shape index (κ1) is 12.2. The fourth-order valence-corrected chi connectivity index (χ4v) is 4.96. The number of thiol groups is 1. The first-order valence-electron chi connectivity index (χ1n) is 4.41. The minimum Gasteiger partial charge on any atom is -0.297 e. The lowest BCUT2D eigenvalue weighted by Crippen LogP contribution is -1.86. The van der Waals surface area contributed by atoms with Gasteiger partial charge in [-0.2, -0.15) is 10.9 Å². The summed E-state index contributed by atoms with van der Waals surface area (Å²) in [6.45, 7) is 0. The van der Waals surface area contributed by atoms with E-state index < -0.39 is 10.9 Å². The van der Waals surface area contributed by atoms with Crippen molar-refractivity contribution < 1.29 is 4.79 Å². The number of benzene rings is 1. The van der Waals surface area contributed by atoms with Crippen molar-refractivity contribution in [2.45, 2.75) is 4.90 Å². The van der Waals surface area contributed by atoms with Gasteiger partial charge >= 0.3 is 0 Å². The summed E-state index contributed by atoms with van der Waals surface area (Å²) in [5.41, 5.74) is 0. The summed E-state index contributed by atoms with van der Waals surface area (Å²) >= 11 is 15.5. The van der Waals surface area contributed by atoms with Gasteiger partial charge in [-0.3, -0.25) is 4.79 Å². The van der Waals surface area contributed by atoms with E-state index in [-0.39, 0.29) is 0 Å². The third-order valence-corrected chi connectivity index (χ3v) is 6.11. The molecule has 1 aromatic rings. The van der Waals surface area contributed by atoms with Gasteiger partial charge in [-0.15, -0.1) is 0 Å². The molecule has 0 radical (unpaired) electrons. The minimum atomic E-state index is -0.812. The molecule has 1 aromatic carbocycles. The molecule has 0 spiro atoms. The number of halogens is 3. The van der Waals surface area contributed by atoms with Crippen LogP contribution in [-0.2, 0) is 4.79 Å². The van der Waals surface area contributed by atoms with Crippen molar-refractivity contribution in [1.82, 2.24) is 0 Å². The van der Waals surface area contributed by atoms with Crippen molar-refractivity contribution in [3.05, 3.63) is 49.1 Å². The second kappa shape index (κ2) is 4.96. The highest BCUT2D eigenvalue weighted by molar-refractivity contribution is 9.12. The van der Waals surface area contributed by atoms with Crippen molar-refractivity contribution in [2.24, 2.45) is 0 Å². The normalized spacial score (nSPS) is 21.6. The molecule has 0 fully saturated rings. The van der Waals surface area contributed by atoms with Crippen LogP contribution in [0.3, 0.4) is 0 Å². The van der Waals surface area contributed by atoms with Gasteiger partial charge in [0.25, 0.3) is 0 Å². The Kier molecular flexibility index (Phi) is 3.80. The van der Waals surface area contributed by atoms with Gasteiger partial charge in [-0.1, -0.05) is 45.2 Å². The van der Waals surface area contributed by atoms with Gasteiger partial charge in [0.15, 0.2) is 6.29 Å². The van der Waals surface area contributed by atoms with Crippen LogP contribution in [0.15, 0.2) is 44.0 Å². The van der Waals surface area contributed by atoms with Gasteiger partial charge in [0.2, 0.25) is 0 Å². The quantitative estimate of drug-likeness (QED) is 0.612. The molecule has 0 saturated carbocycles. The topological polar surface area (TPSA) is 17.1 Å². The molecule has 1 aliphatic heterocycles. The number of rotatable bonds is 2. The van der Waals surface area contributed by atoms with Crippen LogP contribution in [0.5, 0.6) is 0 Å². The maximum Gasteiger partial charge on any atom is 0.155 e. The van der Waals surface area contributed by atoms with Crippen molar-refractivity contribution in [2.75, 3.05) is 0 Å². The van der Waals surface area contributed by atoms with Crippen LogP contribution in [-0.4, -0.2) is 6.29 Å². The largest absolute Gasteiger partial charge is 0.297 e. The zero-order valence-electron chi connectivity index (χ0n) is 7.95. The SMILES string of the molecule is O=CC1=CC(Br)=C[SH]1c1cccc(Cl)c1Cl. The summed E-state index contributed by atoms with van der Waals surface area (Å²) in [4.78, 5) is 12.6. The lowest BCUT2D eigenvalue weighted by Gasteiger charge is -2.16. The van der Waals surface area contributed by atoms with Gasteiger partial charge in [-0.25, -0.2) is 0 Å². The molecule has 0 N–H and O–H groups in total. The molecule has 1 nitrogen and oxygen atoms in total. The minimum absolute atomic E-state index is 0.517. The fourth-order valence-electron chi connectivity index (χ4n) is 1.42. The van der Waals surface area contributed by atoms with Crippen molar-refractivity contribution in [1.29, 1.82) is 0 Å². The average molecular weight is 338 g/mol. The first-order chi connectivity index (χ1) is 7.63. The molecule has 1 unspecified atom stereocenters. The van der Waals surface area contributed by atoms with Crippen LogP contribution < -0.4 is 0 Å². The second-order valence-electron chi connectivity index (χ2n) is 3.14. The van der Waals surface area contributed by atoms with E-state index in [9.17, 15) is 4.79 Å². The Labute approximate surface area is 115 Å². The lowest BCUT2D eigenvalue weighted by molar-refractivity contribution is -0.104. The Bertz CT molecular complexity index is 511. The molecular weight excluding hydrogens is 331 g/mol. The molecular formula is C11H7BrCl2OS. The first-order valence-corrected chi connectivity index (χ1v) is 7.37. The maximum atomic E-state index is 11.0. The Morgan fingerprint density at radius 1 is 1.31 bits per heavy atom. The van der Waals surface area contributed by atoms with E-state index in [0.29, 0.717) is 10.0 Å². The smallest absolute Gasteiger partial charge is 0.155 e. The van der Waals surface area contributed by atoms with Gasteiger partial charge in [0.05, 0.1) is 10.0 Å². The number of allylic oxidation sites excluding steroid dienone is 3. The summed E-state index contributed by atoms with van der Waals surface area (Å²) in [5.74, 6) is 0. The highest BCUT2D eigenvalue weighted by Crippen LogP contribution is 2.53. The zero-order valence-corrected chi connectivity index (χ0v) is 11.9. The van der Waals surface area contributed by atoms with E-state index >= 15 is 0 Å². The summed E-state index contributed by atoms with van der Waals surface area (Å²) in [7, 11) is -0.812. The van der Waals surface area contributed by atoms with E-state index in [1.807, 2.05) is 23.6 Å². The second-order valence-corrected chi connectivity index (χ2v) is 6.84. The molecule has 16 heavy (non-hydrogen) atoms. The van der Waals surface area contributed by atoms with Crippen LogP contribution in [0.25, 0.3) is 0 Å². The van der Waals surface area contributed by atoms with Gasteiger partial charge in [-0.05, 0) is 23.6 Å². The number of hydrogen-bond acceptors (Lipinski definition) is 1. The number of aldehydes is 1. The van der Waals surface area contributed by atoms with E-state index in [2.05, 4.69) is 15.9 Å². The predicted octanol–water partition coefficient (Wildman–Crippen LogP) is 4.69. The molecule has 0 aromatic heterocycles. The maximum absolute atomic E-state index is 11.0. The van der Waals surface area contributed by atoms with Gasteiger partial charge in [0, 0.05) is 14.3 Å². The van der Waals surface area contributed by atoms with Crippen molar-refractivity contribution in [3.63, 3.8) is 0 Å². The van der Waals surface area contributed by atoms with Crippen LogP contribution in [0.4, 0.5) is 0 Å². The molecule has 84 valence electrons. The molecule has 0 aliphatic carbocycles. The lowest BCUT2D eigenvalue weighted by atomic mass is 10.4. The van der Waals surface area contributed by atoms with Crippen molar-refractivity contribution in [3.8, 4) is 0 Å². The third kappa shape index (κ3) is 2.23. The summed E-state index contributed by atoms with van der Waals surface area (Å²) in [6, 6.07) is 5.48. The van der Waals surface area contributed by atoms with Crippen LogP contribution >= 0.6 is 50.0 Å².